The number of nitrogens with two attached hydrogens (primary N) is 1. The highest BCUT2D eigenvalue weighted by molar-refractivity contribution is 5.97. The number of hydrogen-bond donors (Lipinski definition) is 2. The van der Waals surface area contributed by atoms with Gasteiger partial charge in [-0.15, -0.1) is 0 Å². The maximum atomic E-state index is 13.5. The highest BCUT2D eigenvalue weighted by Crippen LogP contribution is 2.16. The zero-order valence-electron chi connectivity index (χ0n) is 11.9. The van der Waals surface area contributed by atoms with E-state index in [9.17, 15) is 18.8 Å². The molecule has 0 aliphatic heterocycles. The van der Waals surface area contributed by atoms with Crippen LogP contribution >= 0.6 is 0 Å². The van der Waals surface area contributed by atoms with Crippen LogP contribution in [0.1, 0.15) is 20.7 Å². The Labute approximate surface area is 131 Å². The third-order valence-electron chi connectivity index (χ3n) is 2.82. The number of ether oxygens (including phenoxy) is 1. The zero-order valence-corrected chi connectivity index (χ0v) is 11.9. The summed E-state index contributed by atoms with van der Waals surface area (Å²) in [5.41, 5.74) is 4.89. The molecule has 0 aliphatic rings. The molecule has 6 nitrogen and oxygen atoms in total. The van der Waals surface area contributed by atoms with Gasteiger partial charge in [0.15, 0.2) is 0 Å². The number of benzene rings is 2. The first kappa shape index (κ1) is 16.2. The Kier molecular flexibility index (Phi) is 5.03. The summed E-state index contributed by atoms with van der Waals surface area (Å²) in [6, 6.07) is 11.1. The van der Waals surface area contributed by atoms with Crippen LogP contribution in [0.15, 0.2) is 48.5 Å². The van der Waals surface area contributed by atoms with Crippen molar-refractivity contribution in [3.8, 4) is 5.75 Å². The van der Waals surface area contributed by atoms with Crippen molar-refractivity contribution in [3.63, 3.8) is 0 Å². The molecule has 0 saturated heterocycles. The Morgan fingerprint density at radius 3 is 2.52 bits per heavy atom. The summed E-state index contributed by atoms with van der Waals surface area (Å²) in [5, 5.41) is 2.31. The van der Waals surface area contributed by atoms with Gasteiger partial charge in [-0.2, -0.15) is 0 Å². The van der Waals surface area contributed by atoms with E-state index in [2.05, 4.69) is 5.32 Å². The van der Waals surface area contributed by atoms with Crippen molar-refractivity contribution < 1.29 is 23.5 Å². The first-order chi connectivity index (χ1) is 11.0. The minimum absolute atomic E-state index is 0.0741. The maximum Gasteiger partial charge on any atom is 0.346 e. The van der Waals surface area contributed by atoms with Crippen LogP contribution in [0.5, 0.6) is 5.75 Å². The van der Waals surface area contributed by atoms with Crippen LogP contribution in [0.4, 0.5) is 4.39 Å². The molecule has 0 saturated carbocycles. The van der Waals surface area contributed by atoms with Crippen LogP contribution < -0.4 is 15.8 Å². The van der Waals surface area contributed by atoms with Crippen LogP contribution in [0.2, 0.25) is 0 Å². The van der Waals surface area contributed by atoms with Gasteiger partial charge in [-0.3, -0.25) is 9.59 Å². The molecule has 0 radical (unpaired) electrons. The van der Waals surface area contributed by atoms with E-state index in [0.717, 1.165) is 6.07 Å². The molecule has 3 N–H and O–H groups in total. The second kappa shape index (κ2) is 7.17. The number of amides is 2. The molecule has 0 spiro atoms. The Balaban J connectivity index is 2.11. The normalized spacial score (nSPS) is 9.96. The molecule has 23 heavy (non-hydrogen) atoms. The molecule has 2 amide bonds. The molecule has 2 aromatic carbocycles. The molecule has 118 valence electrons. The Morgan fingerprint density at radius 2 is 1.83 bits per heavy atom. The van der Waals surface area contributed by atoms with Gasteiger partial charge in [0.2, 0.25) is 5.91 Å². The second-order valence-electron chi connectivity index (χ2n) is 4.55. The predicted octanol–water partition coefficient (Wildman–Crippen LogP) is 1.26. The van der Waals surface area contributed by atoms with E-state index < -0.39 is 23.6 Å². The Morgan fingerprint density at radius 1 is 1.09 bits per heavy atom. The van der Waals surface area contributed by atoms with E-state index in [1.807, 2.05) is 0 Å². The lowest BCUT2D eigenvalue weighted by molar-refractivity contribution is -0.117. The van der Waals surface area contributed by atoms with Gasteiger partial charge in [0.05, 0.1) is 12.1 Å². The molecule has 0 fully saturated rings. The lowest BCUT2D eigenvalue weighted by atomic mass is 10.2. The lowest BCUT2D eigenvalue weighted by Gasteiger charge is -2.07. The van der Waals surface area contributed by atoms with Crippen molar-refractivity contribution in [2.75, 3.05) is 6.54 Å². The summed E-state index contributed by atoms with van der Waals surface area (Å²) >= 11 is 0. The van der Waals surface area contributed by atoms with Crippen molar-refractivity contribution in [3.05, 3.63) is 65.5 Å². The number of primary amides is 1. The average Bonchev–Trinajstić information content (AvgIpc) is 2.53. The minimum atomic E-state index is -0.877. The van der Waals surface area contributed by atoms with Crippen LogP contribution in [0.3, 0.4) is 0 Å². The van der Waals surface area contributed by atoms with Gasteiger partial charge in [-0.05, 0) is 30.3 Å². The standard InChI is InChI=1S/C16H13FN2O4/c17-13-7-2-1-6-12(13)16(22)23-11-5-3-4-10(8-11)15(21)19-9-14(18)20/h1-8H,9H2,(H2,18,20)(H,19,21). The number of halogens is 1. The summed E-state index contributed by atoms with van der Waals surface area (Å²) in [6.07, 6.45) is 0. The first-order valence-electron chi connectivity index (χ1n) is 6.60. The largest absolute Gasteiger partial charge is 0.423 e. The summed E-state index contributed by atoms with van der Waals surface area (Å²) in [5.74, 6) is -2.73. The maximum absolute atomic E-state index is 13.5. The predicted molar refractivity (Wildman–Crippen MR) is 79.3 cm³/mol. The molecular formula is C16H13FN2O4. The highest BCUT2D eigenvalue weighted by Gasteiger charge is 2.14. The topological polar surface area (TPSA) is 98.5 Å². The third-order valence-corrected chi connectivity index (χ3v) is 2.82. The number of hydrogen-bond acceptors (Lipinski definition) is 4. The van der Waals surface area contributed by atoms with Crippen molar-refractivity contribution >= 4 is 17.8 Å². The number of rotatable bonds is 5. The number of carbonyl (C=O) groups excluding carboxylic acids is 3. The molecular weight excluding hydrogens is 303 g/mol. The zero-order chi connectivity index (χ0) is 16.8. The van der Waals surface area contributed by atoms with E-state index >= 15 is 0 Å². The van der Waals surface area contributed by atoms with Gasteiger partial charge in [0.25, 0.3) is 5.91 Å². The van der Waals surface area contributed by atoms with Gasteiger partial charge in [-0.25, -0.2) is 9.18 Å². The van der Waals surface area contributed by atoms with Crippen molar-refractivity contribution in [2.24, 2.45) is 5.73 Å². The third kappa shape index (κ3) is 4.37. The fourth-order valence-electron chi connectivity index (χ4n) is 1.76. The number of esters is 1. The van der Waals surface area contributed by atoms with Crippen molar-refractivity contribution in [1.82, 2.24) is 5.32 Å². The Bertz CT molecular complexity index is 761. The van der Waals surface area contributed by atoms with Crippen molar-refractivity contribution in [1.29, 1.82) is 0 Å². The van der Waals surface area contributed by atoms with Crippen LogP contribution in [-0.4, -0.2) is 24.3 Å². The van der Waals surface area contributed by atoms with E-state index in [1.165, 1.54) is 42.5 Å². The monoisotopic (exact) mass is 316 g/mol. The molecule has 0 aromatic heterocycles. The second-order valence-corrected chi connectivity index (χ2v) is 4.55. The van der Waals surface area contributed by atoms with Crippen LogP contribution in [0.25, 0.3) is 0 Å². The summed E-state index contributed by atoms with van der Waals surface area (Å²) in [6.45, 7) is -0.307. The molecule has 0 heterocycles. The Hall–Kier alpha value is -3.22. The van der Waals surface area contributed by atoms with Gasteiger partial charge in [-0.1, -0.05) is 18.2 Å². The van der Waals surface area contributed by atoms with E-state index in [4.69, 9.17) is 10.5 Å². The van der Waals surface area contributed by atoms with Gasteiger partial charge in [0, 0.05) is 5.56 Å². The number of nitrogens with one attached hydrogen (secondary N) is 1. The van der Waals surface area contributed by atoms with Crippen molar-refractivity contribution in [2.45, 2.75) is 0 Å². The van der Waals surface area contributed by atoms with E-state index in [1.54, 1.807) is 0 Å². The molecule has 2 aromatic rings. The summed E-state index contributed by atoms with van der Waals surface area (Å²) < 4.78 is 18.6. The first-order valence-corrected chi connectivity index (χ1v) is 6.60. The lowest BCUT2D eigenvalue weighted by Crippen LogP contribution is -2.33. The fourth-order valence-corrected chi connectivity index (χ4v) is 1.76. The number of carbonyl (C=O) groups is 3. The van der Waals surface area contributed by atoms with E-state index in [0.29, 0.717) is 0 Å². The SMILES string of the molecule is NC(=O)CNC(=O)c1cccc(OC(=O)c2ccccc2F)c1. The average molecular weight is 316 g/mol. The van der Waals surface area contributed by atoms with Gasteiger partial charge < -0.3 is 15.8 Å². The molecule has 0 unspecified atom stereocenters. The molecule has 0 aliphatic carbocycles. The van der Waals surface area contributed by atoms with Gasteiger partial charge >= 0.3 is 5.97 Å². The molecule has 0 bridgehead atoms. The fraction of sp³-hybridized carbons (Fsp3) is 0.0625. The summed E-state index contributed by atoms with van der Waals surface area (Å²) in [4.78, 5) is 34.3. The smallest absolute Gasteiger partial charge is 0.346 e. The van der Waals surface area contributed by atoms with Crippen LogP contribution in [-0.2, 0) is 4.79 Å². The quantitative estimate of drug-likeness (QED) is 0.641. The minimum Gasteiger partial charge on any atom is -0.423 e. The molecule has 7 heteroatoms. The molecule has 2 rings (SSSR count). The molecule has 0 atom stereocenters. The highest BCUT2D eigenvalue weighted by atomic mass is 19.1. The van der Waals surface area contributed by atoms with E-state index in [-0.39, 0.29) is 23.4 Å². The summed E-state index contributed by atoms with van der Waals surface area (Å²) in [7, 11) is 0. The van der Waals surface area contributed by atoms with Crippen LogP contribution in [0, 0.1) is 5.82 Å². The van der Waals surface area contributed by atoms with Gasteiger partial charge in [0.1, 0.15) is 11.6 Å².